The van der Waals surface area contributed by atoms with E-state index in [0.717, 1.165) is 10.9 Å². The van der Waals surface area contributed by atoms with Gasteiger partial charge in [-0.1, -0.05) is 18.2 Å². The molecule has 8 N–H and O–H groups in total. The molecule has 3 atom stereocenters. The number of nitrogens with one attached hydrogen (secondary N) is 4. The summed E-state index contributed by atoms with van der Waals surface area (Å²) in [4.78, 5) is 63.2. The van der Waals surface area contributed by atoms with Crippen LogP contribution in [0.2, 0.25) is 0 Å². The van der Waals surface area contributed by atoms with Crippen molar-refractivity contribution in [1.29, 1.82) is 0 Å². The number of carboxylic acid groups (broad SMARTS) is 2. The van der Waals surface area contributed by atoms with Crippen LogP contribution >= 0.6 is 11.8 Å². The molecule has 0 saturated heterocycles. The van der Waals surface area contributed by atoms with Gasteiger partial charge in [-0.3, -0.25) is 24.0 Å². The van der Waals surface area contributed by atoms with Crippen LogP contribution in [0.15, 0.2) is 30.5 Å². The SMILES string of the molecule is CSCCC(N)C(=O)NC(Cc1c[nH]c2ccccc12)C(=O)NC(CC(=O)O)C(=O)NCC(=O)O. The molecule has 2 aromatic rings. The number of thioether (sulfide) groups is 1. The standard InChI is InChI=1S/C22H29N5O7S/c1-35-7-6-14(23)20(32)26-16(8-12-10-24-15-5-3-2-4-13(12)15)22(34)27-17(9-18(28)29)21(33)25-11-19(30)31/h2-5,10,14,16-17,24H,6-9,11,23H2,1H3,(H,25,33)(H,26,32)(H,27,34)(H,28,29)(H,30,31). The van der Waals surface area contributed by atoms with Gasteiger partial charge in [0, 0.05) is 23.5 Å². The molecule has 13 heteroatoms. The number of H-pyrrole nitrogens is 1. The van der Waals surface area contributed by atoms with E-state index in [2.05, 4.69) is 20.9 Å². The van der Waals surface area contributed by atoms with Crippen LogP contribution in [0.1, 0.15) is 18.4 Å². The van der Waals surface area contributed by atoms with Crippen molar-refractivity contribution in [3.05, 3.63) is 36.0 Å². The van der Waals surface area contributed by atoms with E-state index in [0.29, 0.717) is 17.7 Å². The normalized spacial score (nSPS) is 13.4. The van der Waals surface area contributed by atoms with Crippen molar-refractivity contribution in [3.63, 3.8) is 0 Å². The van der Waals surface area contributed by atoms with Gasteiger partial charge in [0.25, 0.3) is 0 Å². The first-order valence-electron chi connectivity index (χ1n) is 10.7. The summed E-state index contributed by atoms with van der Waals surface area (Å²) >= 11 is 1.52. The van der Waals surface area contributed by atoms with Gasteiger partial charge < -0.3 is 36.9 Å². The number of rotatable bonds is 14. The van der Waals surface area contributed by atoms with Crippen LogP contribution in [0.25, 0.3) is 10.9 Å². The summed E-state index contributed by atoms with van der Waals surface area (Å²) in [5.41, 5.74) is 7.47. The van der Waals surface area contributed by atoms with E-state index < -0.39 is 60.8 Å². The molecule has 1 aromatic heterocycles. The average molecular weight is 508 g/mol. The van der Waals surface area contributed by atoms with Crippen molar-refractivity contribution in [3.8, 4) is 0 Å². The average Bonchev–Trinajstić information content (AvgIpc) is 3.22. The van der Waals surface area contributed by atoms with Gasteiger partial charge in [-0.15, -0.1) is 0 Å². The summed E-state index contributed by atoms with van der Waals surface area (Å²) in [6, 6.07) is 3.76. The van der Waals surface area contributed by atoms with Gasteiger partial charge in [0.2, 0.25) is 17.7 Å². The number of amides is 3. The smallest absolute Gasteiger partial charge is 0.322 e. The third-order valence-corrected chi connectivity index (χ3v) is 5.77. The number of aromatic amines is 1. The quantitative estimate of drug-likeness (QED) is 0.175. The van der Waals surface area contributed by atoms with E-state index in [9.17, 15) is 24.0 Å². The second kappa shape index (κ2) is 13.3. The Morgan fingerprint density at radius 3 is 2.34 bits per heavy atom. The number of carbonyl (C=O) groups is 5. The van der Waals surface area contributed by atoms with Crippen LogP contribution in [-0.4, -0.2) is 81.5 Å². The lowest BCUT2D eigenvalue weighted by atomic mass is 10.0. The summed E-state index contributed by atoms with van der Waals surface area (Å²) in [6.45, 7) is -0.745. The maximum Gasteiger partial charge on any atom is 0.322 e. The molecule has 0 saturated carbocycles. The molecule has 0 aliphatic rings. The highest BCUT2D eigenvalue weighted by Gasteiger charge is 2.30. The topological polar surface area (TPSA) is 204 Å². The van der Waals surface area contributed by atoms with Gasteiger partial charge >= 0.3 is 11.9 Å². The second-order valence-corrected chi connectivity index (χ2v) is 8.77. The zero-order valence-electron chi connectivity index (χ0n) is 19.1. The maximum absolute atomic E-state index is 13.1. The number of carboxylic acids is 2. The highest BCUT2D eigenvalue weighted by Crippen LogP contribution is 2.19. The molecule has 2 rings (SSSR count). The van der Waals surface area contributed by atoms with E-state index in [1.54, 1.807) is 6.20 Å². The Morgan fingerprint density at radius 2 is 1.69 bits per heavy atom. The molecule has 12 nitrogen and oxygen atoms in total. The van der Waals surface area contributed by atoms with Crippen molar-refractivity contribution in [2.24, 2.45) is 5.73 Å². The first-order valence-corrected chi connectivity index (χ1v) is 12.1. The molecule has 0 radical (unpaired) electrons. The van der Waals surface area contributed by atoms with E-state index in [1.165, 1.54) is 11.8 Å². The number of aromatic nitrogens is 1. The first kappa shape index (κ1) is 27.7. The highest BCUT2D eigenvalue weighted by atomic mass is 32.2. The van der Waals surface area contributed by atoms with Crippen LogP contribution < -0.4 is 21.7 Å². The number of aliphatic carboxylic acids is 2. The largest absolute Gasteiger partial charge is 0.481 e. The van der Waals surface area contributed by atoms with Crippen molar-refractivity contribution >= 4 is 52.3 Å². The van der Waals surface area contributed by atoms with E-state index >= 15 is 0 Å². The maximum atomic E-state index is 13.1. The minimum absolute atomic E-state index is 0.0351. The van der Waals surface area contributed by atoms with Crippen molar-refractivity contribution in [2.45, 2.75) is 37.4 Å². The van der Waals surface area contributed by atoms with Gasteiger partial charge in [-0.2, -0.15) is 11.8 Å². The fraction of sp³-hybridized carbons (Fsp3) is 0.409. The summed E-state index contributed by atoms with van der Waals surface area (Å²) in [5.74, 6) is -4.42. The fourth-order valence-electron chi connectivity index (χ4n) is 3.33. The van der Waals surface area contributed by atoms with Crippen molar-refractivity contribution in [1.82, 2.24) is 20.9 Å². The molecule has 190 valence electrons. The van der Waals surface area contributed by atoms with Crippen LogP contribution in [-0.2, 0) is 30.4 Å². The lowest BCUT2D eigenvalue weighted by Crippen LogP contribution is -2.57. The molecule has 0 fully saturated rings. The molecular formula is C22H29N5O7S. The molecule has 1 heterocycles. The summed E-state index contributed by atoms with van der Waals surface area (Å²) in [7, 11) is 0. The fourth-order valence-corrected chi connectivity index (χ4v) is 3.82. The van der Waals surface area contributed by atoms with Crippen LogP contribution in [0.4, 0.5) is 0 Å². The van der Waals surface area contributed by atoms with Crippen LogP contribution in [0.3, 0.4) is 0 Å². The third-order valence-electron chi connectivity index (χ3n) is 5.13. The van der Waals surface area contributed by atoms with Gasteiger partial charge in [0.15, 0.2) is 0 Å². The molecule has 0 aliphatic heterocycles. The predicted molar refractivity (Wildman–Crippen MR) is 130 cm³/mol. The van der Waals surface area contributed by atoms with Crippen molar-refractivity contribution in [2.75, 3.05) is 18.6 Å². The first-order chi connectivity index (χ1) is 16.6. The molecule has 0 bridgehead atoms. The Labute approximate surface area is 205 Å². The Hall–Kier alpha value is -3.58. The Balaban J connectivity index is 2.25. The molecule has 1 aromatic carbocycles. The number of carbonyl (C=O) groups excluding carboxylic acids is 3. The van der Waals surface area contributed by atoms with Gasteiger partial charge in [-0.25, -0.2) is 0 Å². The minimum atomic E-state index is -1.55. The Bertz CT molecular complexity index is 1070. The van der Waals surface area contributed by atoms with E-state index in [-0.39, 0.29) is 6.42 Å². The molecule has 0 spiro atoms. The number of para-hydroxylation sites is 1. The summed E-state index contributed by atoms with van der Waals surface area (Å²) in [5, 5.41) is 25.7. The number of nitrogens with two attached hydrogens (primary N) is 1. The lowest BCUT2D eigenvalue weighted by molar-refractivity contribution is -0.141. The molecule has 0 aliphatic carbocycles. The highest BCUT2D eigenvalue weighted by molar-refractivity contribution is 7.98. The van der Waals surface area contributed by atoms with Crippen LogP contribution in [0, 0.1) is 0 Å². The van der Waals surface area contributed by atoms with Crippen LogP contribution in [0.5, 0.6) is 0 Å². The number of hydrogen-bond donors (Lipinski definition) is 7. The zero-order valence-corrected chi connectivity index (χ0v) is 19.9. The third kappa shape index (κ3) is 8.61. The number of hydrogen-bond acceptors (Lipinski definition) is 7. The Morgan fingerprint density at radius 1 is 1.00 bits per heavy atom. The molecule has 3 unspecified atom stereocenters. The molecule has 3 amide bonds. The predicted octanol–water partition coefficient (Wildman–Crippen LogP) is -0.564. The molecule has 35 heavy (non-hydrogen) atoms. The lowest BCUT2D eigenvalue weighted by Gasteiger charge is -2.23. The van der Waals surface area contributed by atoms with E-state index in [1.807, 2.05) is 30.5 Å². The zero-order chi connectivity index (χ0) is 26.0. The van der Waals surface area contributed by atoms with Crippen molar-refractivity contribution < 1.29 is 34.2 Å². The van der Waals surface area contributed by atoms with E-state index in [4.69, 9.17) is 15.9 Å². The molecular weight excluding hydrogens is 478 g/mol. The number of benzene rings is 1. The van der Waals surface area contributed by atoms with Gasteiger partial charge in [0.1, 0.15) is 18.6 Å². The van der Waals surface area contributed by atoms with Gasteiger partial charge in [-0.05, 0) is 30.1 Å². The summed E-state index contributed by atoms with van der Waals surface area (Å²) < 4.78 is 0. The van der Waals surface area contributed by atoms with Gasteiger partial charge in [0.05, 0.1) is 12.5 Å². The number of fused-ring (bicyclic) bond motifs is 1. The monoisotopic (exact) mass is 507 g/mol. The summed E-state index contributed by atoms with van der Waals surface area (Å²) in [6.07, 6.45) is 3.20. The minimum Gasteiger partial charge on any atom is -0.481 e. The Kier molecular flexibility index (Phi) is 10.5. The second-order valence-electron chi connectivity index (χ2n) is 7.78.